The molecule has 0 saturated carbocycles. The van der Waals surface area contributed by atoms with E-state index >= 15 is 0 Å². The Labute approximate surface area is 137 Å². The van der Waals surface area contributed by atoms with E-state index in [1.165, 1.54) is 4.90 Å². The molecule has 0 spiro atoms. The Bertz CT molecular complexity index is 540. The van der Waals surface area contributed by atoms with Crippen LogP contribution in [0.2, 0.25) is 10.0 Å². The Morgan fingerprint density at radius 3 is 2.36 bits per heavy atom. The van der Waals surface area contributed by atoms with Crippen LogP contribution in [-0.2, 0) is 4.79 Å². The molecule has 2 rings (SSSR count). The lowest BCUT2D eigenvalue weighted by Crippen LogP contribution is -2.38. The van der Waals surface area contributed by atoms with E-state index in [-0.39, 0.29) is 5.92 Å². The Balaban J connectivity index is 1.87. The number of piperidine rings is 1. The van der Waals surface area contributed by atoms with Crippen molar-refractivity contribution in [2.24, 2.45) is 0 Å². The lowest BCUT2D eigenvalue weighted by atomic mass is 9.89. The van der Waals surface area contributed by atoms with Gasteiger partial charge in [-0.3, -0.25) is 4.79 Å². The van der Waals surface area contributed by atoms with Crippen LogP contribution in [-0.4, -0.2) is 30.1 Å². The number of benzene rings is 1. The summed E-state index contributed by atoms with van der Waals surface area (Å²) in [6.07, 6.45) is -4.38. The van der Waals surface area contributed by atoms with Gasteiger partial charge in [-0.2, -0.15) is 13.2 Å². The highest BCUT2D eigenvalue weighted by Gasteiger charge is 2.30. The molecule has 22 heavy (non-hydrogen) atoms. The predicted octanol–water partition coefficient (Wildman–Crippen LogP) is 5.04. The molecular weight excluding hydrogens is 338 g/mol. The number of likely N-dealkylation sites (tertiary alicyclic amines) is 1. The van der Waals surface area contributed by atoms with E-state index in [4.69, 9.17) is 23.2 Å². The first-order chi connectivity index (χ1) is 10.3. The molecule has 0 aromatic heterocycles. The quantitative estimate of drug-likeness (QED) is 0.745. The molecular formula is C15H16Cl2F3NO. The second kappa shape index (κ2) is 7.09. The Kier molecular flexibility index (Phi) is 5.61. The molecule has 0 unspecified atom stereocenters. The largest absolute Gasteiger partial charge is 0.389 e. The fourth-order valence-electron chi connectivity index (χ4n) is 2.64. The number of carbonyl (C=O) groups is 1. The lowest BCUT2D eigenvalue weighted by Gasteiger charge is -2.32. The van der Waals surface area contributed by atoms with Gasteiger partial charge in [-0.1, -0.05) is 29.3 Å². The molecule has 7 heteroatoms. The van der Waals surface area contributed by atoms with Gasteiger partial charge in [0.25, 0.3) is 0 Å². The zero-order chi connectivity index (χ0) is 16.3. The van der Waals surface area contributed by atoms with Gasteiger partial charge in [0.2, 0.25) is 5.91 Å². The van der Waals surface area contributed by atoms with Crippen molar-refractivity contribution in [1.82, 2.24) is 4.90 Å². The molecule has 0 N–H and O–H groups in total. The average Bonchev–Trinajstić information content (AvgIpc) is 2.47. The molecule has 1 saturated heterocycles. The topological polar surface area (TPSA) is 20.3 Å². The molecule has 2 nitrogen and oxygen atoms in total. The van der Waals surface area contributed by atoms with Gasteiger partial charge >= 0.3 is 6.18 Å². The summed E-state index contributed by atoms with van der Waals surface area (Å²) < 4.78 is 36.4. The molecule has 0 bridgehead atoms. The summed E-state index contributed by atoms with van der Waals surface area (Å²) in [7, 11) is 0. The van der Waals surface area contributed by atoms with E-state index in [1.54, 1.807) is 6.07 Å². The summed E-state index contributed by atoms with van der Waals surface area (Å²) in [5, 5.41) is 0.980. The van der Waals surface area contributed by atoms with E-state index in [9.17, 15) is 18.0 Å². The number of hydrogen-bond donors (Lipinski definition) is 0. The minimum absolute atomic E-state index is 0.251. The van der Waals surface area contributed by atoms with Crippen LogP contribution in [0.25, 0.3) is 0 Å². The number of amides is 1. The average molecular weight is 354 g/mol. The van der Waals surface area contributed by atoms with Gasteiger partial charge in [-0.25, -0.2) is 0 Å². The maximum atomic E-state index is 12.1. The first-order valence-electron chi connectivity index (χ1n) is 7.06. The number of nitrogens with zero attached hydrogens (tertiary/aromatic N) is 1. The van der Waals surface area contributed by atoms with Crippen LogP contribution in [0.15, 0.2) is 18.2 Å². The number of alkyl halides is 3. The molecule has 1 aromatic carbocycles. The molecule has 0 radical (unpaired) electrons. The Hall–Kier alpha value is -0.940. The molecule has 1 amide bonds. The van der Waals surface area contributed by atoms with Gasteiger partial charge in [0.1, 0.15) is 0 Å². The molecule has 1 heterocycles. The highest BCUT2D eigenvalue weighted by molar-refractivity contribution is 6.42. The summed E-state index contributed by atoms with van der Waals surface area (Å²) in [5.41, 5.74) is 1.05. The molecule has 122 valence electrons. The number of hydrogen-bond acceptors (Lipinski definition) is 1. The van der Waals surface area contributed by atoms with Crippen LogP contribution in [0.5, 0.6) is 0 Å². The van der Waals surface area contributed by atoms with Crippen molar-refractivity contribution in [1.29, 1.82) is 0 Å². The summed E-state index contributed by atoms with van der Waals surface area (Å²) in [5.74, 6) is -0.175. The molecule has 0 aliphatic carbocycles. The van der Waals surface area contributed by atoms with E-state index in [1.807, 2.05) is 12.1 Å². The highest BCUT2D eigenvalue weighted by Crippen LogP contribution is 2.32. The molecule has 1 aliphatic heterocycles. The van der Waals surface area contributed by atoms with Gasteiger partial charge in [0, 0.05) is 19.5 Å². The third-order valence-corrected chi connectivity index (χ3v) is 4.62. The second-order valence-corrected chi connectivity index (χ2v) is 6.26. The number of halogens is 5. The minimum atomic E-state index is -4.28. The van der Waals surface area contributed by atoms with E-state index in [2.05, 4.69) is 0 Å². The summed E-state index contributed by atoms with van der Waals surface area (Å²) in [6, 6.07) is 5.45. The van der Waals surface area contributed by atoms with Crippen molar-refractivity contribution < 1.29 is 18.0 Å². The number of rotatable bonds is 3. The van der Waals surface area contributed by atoms with Crippen LogP contribution < -0.4 is 0 Å². The van der Waals surface area contributed by atoms with Crippen molar-refractivity contribution in [3.05, 3.63) is 33.8 Å². The van der Waals surface area contributed by atoms with Crippen LogP contribution >= 0.6 is 23.2 Å². The molecule has 0 atom stereocenters. The SMILES string of the molecule is O=C(CCC(F)(F)F)N1CCC(c2ccc(Cl)c(Cl)c2)CC1. The van der Waals surface area contributed by atoms with Crippen molar-refractivity contribution >= 4 is 29.1 Å². The van der Waals surface area contributed by atoms with Gasteiger partial charge in [-0.15, -0.1) is 0 Å². The Morgan fingerprint density at radius 1 is 1.18 bits per heavy atom. The van der Waals surface area contributed by atoms with Crippen molar-refractivity contribution in [2.45, 2.75) is 37.8 Å². The normalized spacial score (nSPS) is 16.9. The van der Waals surface area contributed by atoms with Crippen LogP contribution in [0, 0.1) is 0 Å². The molecule has 1 aromatic rings. The van der Waals surface area contributed by atoms with Crippen molar-refractivity contribution in [3.63, 3.8) is 0 Å². The van der Waals surface area contributed by atoms with Crippen molar-refractivity contribution in [3.8, 4) is 0 Å². The zero-order valence-corrected chi connectivity index (χ0v) is 13.3. The minimum Gasteiger partial charge on any atom is -0.343 e. The first-order valence-corrected chi connectivity index (χ1v) is 7.81. The fourth-order valence-corrected chi connectivity index (χ4v) is 2.94. The summed E-state index contributed by atoms with van der Waals surface area (Å²) >= 11 is 11.9. The standard InChI is InChI=1S/C15H16Cl2F3NO/c16-12-2-1-11(9-13(12)17)10-4-7-21(8-5-10)14(22)3-6-15(18,19)20/h1-2,9-10H,3-8H2. The van der Waals surface area contributed by atoms with E-state index < -0.39 is 24.9 Å². The van der Waals surface area contributed by atoms with E-state index in [0.717, 1.165) is 18.4 Å². The number of carbonyl (C=O) groups excluding carboxylic acids is 1. The maximum Gasteiger partial charge on any atom is 0.389 e. The van der Waals surface area contributed by atoms with Crippen LogP contribution in [0.1, 0.15) is 37.2 Å². The second-order valence-electron chi connectivity index (χ2n) is 5.44. The monoisotopic (exact) mass is 353 g/mol. The van der Waals surface area contributed by atoms with Gasteiger partial charge < -0.3 is 4.90 Å². The van der Waals surface area contributed by atoms with E-state index in [0.29, 0.717) is 23.1 Å². The van der Waals surface area contributed by atoms with Crippen LogP contribution in [0.3, 0.4) is 0 Å². The highest BCUT2D eigenvalue weighted by atomic mass is 35.5. The van der Waals surface area contributed by atoms with Crippen LogP contribution in [0.4, 0.5) is 13.2 Å². The predicted molar refractivity (Wildman–Crippen MR) is 80.3 cm³/mol. The molecule has 1 aliphatic rings. The maximum absolute atomic E-state index is 12.1. The smallest absolute Gasteiger partial charge is 0.343 e. The third-order valence-electron chi connectivity index (χ3n) is 3.89. The van der Waals surface area contributed by atoms with Gasteiger partial charge in [0.15, 0.2) is 0 Å². The van der Waals surface area contributed by atoms with Gasteiger partial charge in [-0.05, 0) is 36.5 Å². The Morgan fingerprint density at radius 2 is 1.82 bits per heavy atom. The fraction of sp³-hybridized carbons (Fsp3) is 0.533. The third kappa shape index (κ3) is 4.78. The summed E-state index contributed by atoms with van der Waals surface area (Å²) in [4.78, 5) is 13.3. The lowest BCUT2D eigenvalue weighted by molar-refractivity contribution is -0.149. The van der Waals surface area contributed by atoms with Crippen molar-refractivity contribution in [2.75, 3.05) is 13.1 Å². The van der Waals surface area contributed by atoms with Gasteiger partial charge in [0.05, 0.1) is 16.5 Å². The summed E-state index contributed by atoms with van der Waals surface area (Å²) in [6.45, 7) is 0.948. The first kappa shape index (κ1) is 17.4. The molecule has 1 fully saturated rings. The zero-order valence-electron chi connectivity index (χ0n) is 11.8.